The van der Waals surface area contributed by atoms with Crippen molar-refractivity contribution in [1.82, 2.24) is 19.9 Å². The van der Waals surface area contributed by atoms with Gasteiger partial charge >= 0.3 is 5.97 Å². The number of hydrogen-bond acceptors (Lipinski definition) is 6. The molecule has 1 heterocycles. The fourth-order valence-corrected chi connectivity index (χ4v) is 2.17. The fourth-order valence-electron chi connectivity index (χ4n) is 1.00. The molecule has 1 aromatic rings. The minimum atomic E-state index is -3.73. The zero-order valence-corrected chi connectivity index (χ0v) is 9.61. The molecule has 0 aliphatic heterocycles. The van der Waals surface area contributed by atoms with Crippen molar-refractivity contribution in [3.05, 3.63) is 12.2 Å². The van der Waals surface area contributed by atoms with Crippen LogP contribution < -0.4 is 4.72 Å². The number of nitrogens with one attached hydrogen (secondary N) is 2. The molecule has 9 heteroatoms. The summed E-state index contributed by atoms with van der Waals surface area (Å²) in [7, 11) is -2.61. The van der Waals surface area contributed by atoms with Crippen LogP contribution in [0.2, 0.25) is 0 Å². The van der Waals surface area contributed by atoms with Gasteiger partial charge in [-0.3, -0.25) is 9.89 Å². The maximum Gasteiger partial charge on any atom is 0.322 e. The van der Waals surface area contributed by atoms with Crippen molar-refractivity contribution in [2.45, 2.75) is 13.0 Å². The number of ether oxygens (including phenoxy) is 1. The molecule has 0 fully saturated rings. The molecular formula is C7H12N4O4S. The van der Waals surface area contributed by atoms with E-state index in [1.54, 1.807) is 6.92 Å². The molecule has 1 atom stereocenters. The summed E-state index contributed by atoms with van der Waals surface area (Å²) >= 11 is 0. The molecule has 16 heavy (non-hydrogen) atoms. The van der Waals surface area contributed by atoms with Gasteiger partial charge in [-0.05, 0) is 6.92 Å². The van der Waals surface area contributed by atoms with Gasteiger partial charge < -0.3 is 4.74 Å². The number of H-pyrrole nitrogens is 1. The van der Waals surface area contributed by atoms with Crippen molar-refractivity contribution in [2.75, 3.05) is 12.9 Å². The van der Waals surface area contributed by atoms with Crippen LogP contribution in [0, 0.1) is 0 Å². The predicted octanol–water partition coefficient (Wildman–Crippen LogP) is -1.04. The molecule has 0 aliphatic rings. The number of rotatable bonds is 5. The van der Waals surface area contributed by atoms with E-state index in [1.807, 2.05) is 0 Å². The lowest BCUT2D eigenvalue weighted by molar-refractivity contribution is -0.137. The van der Waals surface area contributed by atoms with Crippen molar-refractivity contribution in [3.8, 4) is 0 Å². The number of sulfonamides is 1. The van der Waals surface area contributed by atoms with Crippen LogP contribution in [0.25, 0.3) is 0 Å². The lowest BCUT2D eigenvalue weighted by Gasteiger charge is -2.10. The SMILES string of the molecule is COC(=O)CS(=O)(=O)NC(C)c1ncn[nH]1. The number of aromatic nitrogens is 3. The minimum absolute atomic E-state index is 0.369. The molecule has 0 saturated carbocycles. The first-order chi connectivity index (χ1) is 7.44. The highest BCUT2D eigenvalue weighted by Crippen LogP contribution is 2.06. The van der Waals surface area contributed by atoms with Gasteiger partial charge in [-0.25, -0.2) is 18.1 Å². The molecule has 1 aromatic heterocycles. The smallest absolute Gasteiger partial charge is 0.322 e. The Bertz CT molecular complexity index is 441. The van der Waals surface area contributed by atoms with E-state index in [9.17, 15) is 13.2 Å². The second-order valence-corrected chi connectivity index (χ2v) is 4.80. The average Bonchev–Trinajstić information content (AvgIpc) is 2.68. The van der Waals surface area contributed by atoms with Crippen LogP contribution in [0.5, 0.6) is 0 Å². The number of nitrogens with zero attached hydrogens (tertiary/aromatic N) is 2. The van der Waals surface area contributed by atoms with Gasteiger partial charge in [-0.15, -0.1) is 0 Å². The quantitative estimate of drug-likeness (QED) is 0.643. The third kappa shape index (κ3) is 3.59. The van der Waals surface area contributed by atoms with E-state index >= 15 is 0 Å². The van der Waals surface area contributed by atoms with E-state index < -0.39 is 27.8 Å². The number of methoxy groups -OCH3 is 1. The Labute approximate surface area is 92.5 Å². The minimum Gasteiger partial charge on any atom is -0.468 e. The number of aromatic amines is 1. The van der Waals surface area contributed by atoms with Crippen molar-refractivity contribution in [3.63, 3.8) is 0 Å². The maximum absolute atomic E-state index is 11.4. The molecule has 0 spiro atoms. The van der Waals surface area contributed by atoms with Gasteiger partial charge in [0.2, 0.25) is 10.0 Å². The summed E-state index contributed by atoms with van der Waals surface area (Å²) in [5, 5.41) is 6.11. The Morgan fingerprint density at radius 2 is 2.38 bits per heavy atom. The topological polar surface area (TPSA) is 114 Å². The fraction of sp³-hybridized carbons (Fsp3) is 0.571. The van der Waals surface area contributed by atoms with Crippen LogP contribution in [0.3, 0.4) is 0 Å². The lowest BCUT2D eigenvalue weighted by Crippen LogP contribution is -2.33. The molecular weight excluding hydrogens is 236 g/mol. The summed E-state index contributed by atoms with van der Waals surface area (Å²) in [5.41, 5.74) is 0. The Morgan fingerprint density at radius 1 is 1.69 bits per heavy atom. The van der Waals surface area contributed by atoms with Gasteiger partial charge in [-0.2, -0.15) is 5.10 Å². The number of carbonyl (C=O) groups excluding carboxylic acids is 1. The van der Waals surface area contributed by atoms with Crippen LogP contribution in [0.4, 0.5) is 0 Å². The summed E-state index contributed by atoms with van der Waals surface area (Å²) < 4.78 is 29.4. The van der Waals surface area contributed by atoms with Crippen molar-refractivity contribution < 1.29 is 17.9 Å². The zero-order valence-electron chi connectivity index (χ0n) is 8.80. The van der Waals surface area contributed by atoms with Crippen LogP contribution >= 0.6 is 0 Å². The van der Waals surface area contributed by atoms with Gasteiger partial charge in [0.1, 0.15) is 12.2 Å². The second-order valence-electron chi connectivity index (χ2n) is 3.05. The van der Waals surface area contributed by atoms with Gasteiger partial charge in [0.15, 0.2) is 5.75 Å². The van der Waals surface area contributed by atoms with Crippen LogP contribution in [0.1, 0.15) is 18.8 Å². The second kappa shape index (κ2) is 5.03. The molecule has 1 unspecified atom stereocenters. The molecule has 2 N–H and O–H groups in total. The molecule has 0 aromatic carbocycles. The van der Waals surface area contributed by atoms with E-state index in [0.29, 0.717) is 5.82 Å². The molecule has 0 radical (unpaired) electrons. The average molecular weight is 248 g/mol. The summed E-state index contributed by atoms with van der Waals surface area (Å²) in [6.45, 7) is 1.58. The summed E-state index contributed by atoms with van der Waals surface area (Å²) in [4.78, 5) is 14.6. The highest BCUT2D eigenvalue weighted by Gasteiger charge is 2.21. The largest absolute Gasteiger partial charge is 0.468 e. The van der Waals surface area contributed by atoms with Crippen LogP contribution in [0.15, 0.2) is 6.33 Å². The monoisotopic (exact) mass is 248 g/mol. The molecule has 1 rings (SSSR count). The third-order valence-corrected chi connectivity index (χ3v) is 3.06. The van der Waals surface area contributed by atoms with Crippen LogP contribution in [-0.4, -0.2) is 42.4 Å². The molecule has 90 valence electrons. The van der Waals surface area contributed by atoms with E-state index in [4.69, 9.17) is 0 Å². The Balaban J connectivity index is 2.63. The van der Waals surface area contributed by atoms with E-state index in [2.05, 4.69) is 24.6 Å². The molecule has 0 aliphatic carbocycles. The lowest BCUT2D eigenvalue weighted by atomic mass is 10.3. The van der Waals surface area contributed by atoms with Gasteiger partial charge in [0.25, 0.3) is 0 Å². The van der Waals surface area contributed by atoms with Crippen molar-refractivity contribution in [1.29, 1.82) is 0 Å². The maximum atomic E-state index is 11.4. The molecule has 0 bridgehead atoms. The first kappa shape index (κ1) is 12.6. The van der Waals surface area contributed by atoms with E-state index in [1.165, 1.54) is 6.33 Å². The van der Waals surface area contributed by atoms with Gasteiger partial charge in [-0.1, -0.05) is 0 Å². The van der Waals surface area contributed by atoms with Crippen molar-refractivity contribution in [2.24, 2.45) is 0 Å². The number of hydrogen-bond donors (Lipinski definition) is 2. The first-order valence-corrected chi connectivity index (χ1v) is 6.02. The number of carbonyl (C=O) groups is 1. The van der Waals surface area contributed by atoms with E-state index in [0.717, 1.165) is 7.11 Å². The van der Waals surface area contributed by atoms with Gasteiger partial charge in [0, 0.05) is 0 Å². The Morgan fingerprint density at radius 3 is 2.88 bits per heavy atom. The predicted molar refractivity (Wildman–Crippen MR) is 53.7 cm³/mol. The normalized spacial score (nSPS) is 13.4. The van der Waals surface area contributed by atoms with Gasteiger partial charge in [0.05, 0.1) is 13.2 Å². The zero-order chi connectivity index (χ0) is 12.2. The standard InChI is InChI=1S/C7H12N4O4S/c1-5(7-8-4-9-10-7)11-16(13,14)3-6(12)15-2/h4-5,11H,3H2,1-2H3,(H,8,9,10). The highest BCUT2D eigenvalue weighted by molar-refractivity contribution is 7.90. The summed E-state index contributed by atoms with van der Waals surface area (Å²) in [5.74, 6) is -1.17. The number of esters is 1. The van der Waals surface area contributed by atoms with Crippen molar-refractivity contribution >= 4 is 16.0 Å². The third-order valence-electron chi connectivity index (χ3n) is 1.74. The highest BCUT2D eigenvalue weighted by atomic mass is 32.2. The van der Waals surface area contributed by atoms with E-state index in [-0.39, 0.29) is 0 Å². The molecule has 0 saturated heterocycles. The van der Waals surface area contributed by atoms with Crippen LogP contribution in [-0.2, 0) is 19.6 Å². The molecule has 8 nitrogen and oxygen atoms in total. The Hall–Kier alpha value is -1.48. The Kier molecular flexibility index (Phi) is 3.96. The molecule has 0 amide bonds. The summed E-state index contributed by atoms with van der Waals surface area (Å²) in [6.07, 6.45) is 1.26. The first-order valence-electron chi connectivity index (χ1n) is 4.36. The summed E-state index contributed by atoms with van der Waals surface area (Å²) in [6, 6.07) is -0.586.